The Morgan fingerprint density at radius 2 is 1.87 bits per heavy atom. The number of amides is 1. The van der Waals surface area contributed by atoms with E-state index < -0.39 is 15.9 Å². The SMILES string of the molecule is Cc1ccc(NC(=O)CNS(=O)(=O)c2c(C)n[nH]c2C)cc1C. The van der Waals surface area contributed by atoms with Crippen LogP contribution in [0.2, 0.25) is 0 Å². The van der Waals surface area contributed by atoms with Crippen molar-refractivity contribution in [2.75, 3.05) is 11.9 Å². The highest BCUT2D eigenvalue weighted by atomic mass is 32.2. The van der Waals surface area contributed by atoms with Gasteiger partial charge in [-0.15, -0.1) is 0 Å². The third-order valence-electron chi connectivity index (χ3n) is 3.54. The fraction of sp³-hybridized carbons (Fsp3) is 0.333. The summed E-state index contributed by atoms with van der Waals surface area (Å²) < 4.78 is 26.8. The van der Waals surface area contributed by atoms with Crippen molar-refractivity contribution < 1.29 is 13.2 Å². The predicted molar refractivity (Wildman–Crippen MR) is 87.8 cm³/mol. The average Bonchev–Trinajstić information content (AvgIpc) is 2.81. The van der Waals surface area contributed by atoms with Crippen LogP contribution in [0.4, 0.5) is 5.69 Å². The van der Waals surface area contributed by atoms with E-state index in [4.69, 9.17) is 0 Å². The van der Waals surface area contributed by atoms with Gasteiger partial charge in [-0.05, 0) is 51.0 Å². The van der Waals surface area contributed by atoms with Gasteiger partial charge in [0.25, 0.3) is 0 Å². The van der Waals surface area contributed by atoms with Crippen molar-refractivity contribution in [2.24, 2.45) is 0 Å². The molecule has 1 heterocycles. The summed E-state index contributed by atoms with van der Waals surface area (Å²) in [6.07, 6.45) is 0. The van der Waals surface area contributed by atoms with Gasteiger partial charge in [0.1, 0.15) is 4.90 Å². The molecule has 1 aromatic heterocycles. The molecule has 0 radical (unpaired) electrons. The second-order valence-corrected chi connectivity index (χ2v) is 7.14. The molecule has 0 aliphatic heterocycles. The highest BCUT2D eigenvalue weighted by Crippen LogP contribution is 2.16. The molecular formula is C15H20N4O3S. The van der Waals surface area contributed by atoms with E-state index in [0.717, 1.165) is 11.1 Å². The van der Waals surface area contributed by atoms with Gasteiger partial charge in [-0.2, -0.15) is 5.10 Å². The lowest BCUT2D eigenvalue weighted by molar-refractivity contribution is -0.115. The van der Waals surface area contributed by atoms with Gasteiger partial charge in [-0.3, -0.25) is 9.89 Å². The summed E-state index contributed by atoms with van der Waals surface area (Å²) in [4.78, 5) is 12.0. The lowest BCUT2D eigenvalue weighted by atomic mass is 10.1. The number of carbonyl (C=O) groups excluding carboxylic acids is 1. The Kier molecular flexibility index (Phi) is 4.86. The molecule has 0 bridgehead atoms. The molecule has 0 atom stereocenters. The van der Waals surface area contributed by atoms with E-state index in [2.05, 4.69) is 20.2 Å². The first-order chi connectivity index (χ1) is 10.7. The third kappa shape index (κ3) is 3.96. The fourth-order valence-electron chi connectivity index (χ4n) is 2.19. The van der Waals surface area contributed by atoms with Crippen molar-refractivity contribution >= 4 is 21.6 Å². The first kappa shape index (κ1) is 17.2. The summed E-state index contributed by atoms with van der Waals surface area (Å²) in [6.45, 7) is 6.78. The molecule has 2 rings (SSSR count). The molecule has 3 N–H and O–H groups in total. The van der Waals surface area contributed by atoms with Gasteiger partial charge in [0.15, 0.2) is 0 Å². The van der Waals surface area contributed by atoms with Crippen molar-refractivity contribution in [1.29, 1.82) is 0 Å². The van der Waals surface area contributed by atoms with Gasteiger partial charge < -0.3 is 5.32 Å². The highest BCUT2D eigenvalue weighted by Gasteiger charge is 2.22. The summed E-state index contributed by atoms with van der Waals surface area (Å²) in [5.41, 5.74) is 3.60. The molecule has 0 aliphatic carbocycles. The van der Waals surface area contributed by atoms with Crippen molar-refractivity contribution in [1.82, 2.24) is 14.9 Å². The van der Waals surface area contributed by atoms with Crippen molar-refractivity contribution in [3.63, 3.8) is 0 Å². The molecule has 23 heavy (non-hydrogen) atoms. The topological polar surface area (TPSA) is 104 Å². The van der Waals surface area contributed by atoms with E-state index in [0.29, 0.717) is 17.1 Å². The van der Waals surface area contributed by atoms with Crippen molar-refractivity contribution in [3.8, 4) is 0 Å². The number of H-pyrrole nitrogens is 1. The smallest absolute Gasteiger partial charge is 0.244 e. The average molecular weight is 336 g/mol. The van der Waals surface area contributed by atoms with Gasteiger partial charge >= 0.3 is 0 Å². The van der Waals surface area contributed by atoms with Crippen LogP contribution in [-0.2, 0) is 14.8 Å². The Balaban J connectivity index is 2.02. The minimum atomic E-state index is -3.79. The molecule has 0 spiro atoms. The summed E-state index contributed by atoms with van der Waals surface area (Å²) in [5, 5.41) is 9.13. The first-order valence-corrected chi connectivity index (χ1v) is 8.57. The van der Waals surface area contributed by atoms with Crippen molar-refractivity contribution in [3.05, 3.63) is 40.7 Å². The van der Waals surface area contributed by atoms with Gasteiger partial charge in [0.05, 0.1) is 17.9 Å². The molecule has 2 aromatic rings. The number of carbonyl (C=O) groups is 1. The number of rotatable bonds is 5. The van der Waals surface area contributed by atoms with Crippen LogP contribution < -0.4 is 10.0 Å². The zero-order valence-corrected chi connectivity index (χ0v) is 14.3. The minimum Gasteiger partial charge on any atom is -0.325 e. The standard InChI is InChI=1S/C15H20N4O3S/c1-9-5-6-13(7-10(9)2)17-14(20)8-16-23(21,22)15-11(3)18-19-12(15)4/h5-7,16H,8H2,1-4H3,(H,17,20)(H,18,19). The number of benzene rings is 1. The number of aromatic amines is 1. The van der Waals surface area contributed by atoms with Gasteiger partial charge in [-0.25, -0.2) is 13.1 Å². The quantitative estimate of drug-likeness (QED) is 0.771. The van der Waals surface area contributed by atoms with Crippen molar-refractivity contribution in [2.45, 2.75) is 32.6 Å². The van der Waals surface area contributed by atoms with Gasteiger partial charge in [0, 0.05) is 5.69 Å². The second kappa shape index (κ2) is 6.51. The molecule has 0 saturated carbocycles. The largest absolute Gasteiger partial charge is 0.325 e. The molecule has 1 amide bonds. The van der Waals surface area contributed by atoms with Gasteiger partial charge in [0.2, 0.25) is 15.9 Å². The van der Waals surface area contributed by atoms with Crippen LogP contribution in [0.1, 0.15) is 22.5 Å². The molecule has 1 aromatic carbocycles. The number of nitrogens with zero attached hydrogens (tertiary/aromatic N) is 1. The van der Waals surface area contributed by atoms with Crippen LogP contribution in [0.15, 0.2) is 23.1 Å². The van der Waals surface area contributed by atoms with Crippen LogP contribution in [0.5, 0.6) is 0 Å². The van der Waals surface area contributed by atoms with Crippen LogP contribution >= 0.6 is 0 Å². The van der Waals surface area contributed by atoms with Gasteiger partial charge in [-0.1, -0.05) is 6.07 Å². The monoisotopic (exact) mass is 336 g/mol. The second-order valence-electron chi connectivity index (χ2n) is 5.43. The first-order valence-electron chi connectivity index (χ1n) is 7.09. The summed E-state index contributed by atoms with van der Waals surface area (Å²) >= 11 is 0. The number of hydrogen-bond donors (Lipinski definition) is 3. The Hall–Kier alpha value is -2.19. The zero-order valence-electron chi connectivity index (χ0n) is 13.5. The lowest BCUT2D eigenvalue weighted by Crippen LogP contribution is -2.33. The Bertz CT molecular complexity index is 821. The highest BCUT2D eigenvalue weighted by molar-refractivity contribution is 7.89. The number of nitrogens with one attached hydrogen (secondary N) is 3. The maximum Gasteiger partial charge on any atom is 0.244 e. The number of sulfonamides is 1. The lowest BCUT2D eigenvalue weighted by Gasteiger charge is -2.09. The molecule has 0 unspecified atom stereocenters. The zero-order chi connectivity index (χ0) is 17.2. The maximum absolute atomic E-state index is 12.2. The van der Waals surface area contributed by atoms with E-state index in [1.54, 1.807) is 19.9 Å². The number of aryl methyl sites for hydroxylation is 4. The van der Waals surface area contributed by atoms with Crippen LogP contribution in [-0.4, -0.2) is 31.1 Å². The molecular weight excluding hydrogens is 316 g/mol. The van der Waals surface area contributed by atoms with E-state index >= 15 is 0 Å². The Morgan fingerprint density at radius 3 is 2.43 bits per heavy atom. The molecule has 8 heteroatoms. The normalized spacial score (nSPS) is 11.5. The molecule has 0 aliphatic rings. The molecule has 7 nitrogen and oxygen atoms in total. The third-order valence-corrected chi connectivity index (χ3v) is 5.21. The summed E-state index contributed by atoms with van der Waals surface area (Å²) in [7, 11) is -3.79. The Morgan fingerprint density at radius 1 is 1.17 bits per heavy atom. The molecule has 0 fully saturated rings. The molecule has 0 saturated heterocycles. The number of anilines is 1. The van der Waals surface area contributed by atoms with E-state index in [1.807, 2.05) is 26.0 Å². The Labute approximate surface area is 135 Å². The summed E-state index contributed by atoms with van der Waals surface area (Å²) in [5.74, 6) is -0.435. The molecule has 124 valence electrons. The van der Waals surface area contributed by atoms with E-state index in [-0.39, 0.29) is 11.4 Å². The summed E-state index contributed by atoms with van der Waals surface area (Å²) in [6, 6.07) is 5.51. The predicted octanol–water partition coefficient (Wildman–Crippen LogP) is 1.56. The maximum atomic E-state index is 12.2. The minimum absolute atomic E-state index is 0.0801. The fourth-order valence-corrected chi connectivity index (χ4v) is 3.54. The van der Waals surface area contributed by atoms with E-state index in [9.17, 15) is 13.2 Å². The van der Waals surface area contributed by atoms with Crippen LogP contribution in [0.25, 0.3) is 0 Å². The number of hydrogen-bond acceptors (Lipinski definition) is 4. The van der Waals surface area contributed by atoms with Crippen LogP contribution in [0.3, 0.4) is 0 Å². The van der Waals surface area contributed by atoms with Crippen LogP contribution in [0, 0.1) is 27.7 Å². The van der Waals surface area contributed by atoms with E-state index in [1.165, 1.54) is 0 Å². The number of aromatic nitrogens is 2.